The highest BCUT2D eigenvalue weighted by molar-refractivity contribution is 5.75. The number of carbonyl (C=O) groups excluding carboxylic acids is 2. The van der Waals surface area contributed by atoms with Crippen LogP contribution in [0.3, 0.4) is 0 Å². The van der Waals surface area contributed by atoms with Crippen LogP contribution in [0, 0.1) is 17.7 Å². The maximum Gasteiger partial charge on any atom is 0.317 e. The molecule has 0 spiro atoms. The summed E-state index contributed by atoms with van der Waals surface area (Å²) in [5.74, 6) is 4.16. The van der Waals surface area contributed by atoms with Crippen molar-refractivity contribution in [2.24, 2.45) is 0 Å². The molecule has 17 heavy (non-hydrogen) atoms. The molecule has 0 aliphatic heterocycles. The summed E-state index contributed by atoms with van der Waals surface area (Å²) in [4.78, 5) is 21.3. The predicted octanol–water partition coefficient (Wildman–Crippen LogP) is 1.94. The SMILES string of the molecule is CCOC(=O)CC#Cc1ccc(C=O)c(F)c1. The highest BCUT2D eigenvalue weighted by atomic mass is 19.1. The molecule has 1 rings (SSSR count). The molecule has 88 valence electrons. The van der Waals surface area contributed by atoms with Crippen molar-refractivity contribution < 1.29 is 18.7 Å². The number of esters is 1. The summed E-state index contributed by atoms with van der Waals surface area (Å²) < 4.78 is 17.8. The molecular weight excluding hydrogens is 223 g/mol. The van der Waals surface area contributed by atoms with E-state index in [-0.39, 0.29) is 12.0 Å². The lowest BCUT2D eigenvalue weighted by atomic mass is 10.1. The fourth-order valence-electron chi connectivity index (χ4n) is 1.13. The van der Waals surface area contributed by atoms with Crippen LogP contribution < -0.4 is 0 Å². The summed E-state index contributed by atoms with van der Waals surface area (Å²) in [7, 11) is 0. The Hall–Kier alpha value is -2.15. The molecule has 0 heterocycles. The van der Waals surface area contributed by atoms with Gasteiger partial charge < -0.3 is 4.74 Å². The summed E-state index contributed by atoms with van der Waals surface area (Å²) in [5, 5.41) is 0. The minimum Gasteiger partial charge on any atom is -0.465 e. The average molecular weight is 234 g/mol. The van der Waals surface area contributed by atoms with Crippen LogP contribution >= 0.6 is 0 Å². The van der Waals surface area contributed by atoms with Crippen molar-refractivity contribution in [3.8, 4) is 11.8 Å². The van der Waals surface area contributed by atoms with E-state index in [0.717, 1.165) is 6.07 Å². The molecule has 0 amide bonds. The van der Waals surface area contributed by atoms with Gasteiger partial charge in [-0.3, -0.25) is 9.59 Å². The van der Waals surface area contributed by atoms with Crippen molar-refractivity contribution in [3.63, 3.8) is 0 Å². The quantitative estimate of drug-likeness (QED) is 0.456. The molecule has 0 saturated carbocycles. The molecule has 0 aromatic heterocycles. The standard InChI is InChI=1S/C13H11FO3/c1-2-17-13(16)5-3-4-10-6-7-11(9-15)12(14)8-10/h6-9H,2,5H2,1H3. The second-order valence-corrected chi connectivity index (χ2v) is 3.14. The molecule has 0 aliphatic carbocycles. The van der Waals surface area contributed by atoms with Crippen molar-refractivity contribution in [2.75, 3.05) is 6.61 Å². The summed E-state index contributed by atoms with van der Waals surface area (Å²) in [5.41, 5.74) is 0.401. The van der Waals surface area contributed by atoms with Crippen LogP contribution in [0.25, 0.3) is 0 Å². The van der Waals surface area contributed by atoms with Gasteiger partial charge in [-0.15, -0.1) is 0 Å². The Morgan fingerprint density at radius 2 is 2.29 bits per heavy atom. The van der Waals surface area contributed by atoms with Crippen molar-refractivity contribution >= 4 is 12.3 Å². The zero-order valence-corrected chi connectivity index (χ0v) is 9.33. The molecule has 0 unspecified atom stereocenters. The lowest BCUT2D eigenvalue weighted by Gasteiger charge is -1.96. The van der Waals surface area contributed by atoms with Crippen LogP contribution in [-0.2, 0) is 9.53 Å². The third-order valence-corrected chi connectivity index (χ3v) is 1.90. The number of hydrogen-bond acceptors (Lipinski definition) is 3. The van der Waals surface area contributed by atoms with Gasteiger partial charge in [0.1, 0.15) is 12.2 Å². The first-order valence-corrected chi connectivity index (χ1v) is 5.06. The Balaban J connectivity index is 2.69. The number of hydrogen-bond donors (Lipinski definition) is 0. The van der Waals surface area contributed by atoms with Crippen LogP contribution in [0.2, 0.25) is 0 Å². The Labute approximate surface area is 98.6 Å². The zero-order chi connectivity index (χ0) is 12.7. The fourth-order valence-corrected chi connectivity index (χ4v) is 1.13. The molecule has 0 bridgehead atoms. The Bertz CT molecular complexity index is 483. The molecule has 1 aromatic carbocycles. The second-order valence-electron chi connectivity index (χ2n) is 3.14. The van der Waals surface area contributed by atoms with Gasteiger partial charge in [-0.2, -0.15) is 0 Å². The van der Waals surface area contributed by atoms with Gasteiger partial charge in [0.15, 0.2) is 6.29 Å². The largest absolute Gasteiger partial charge is 0.465 e. The minimum atomic E-state index is -0.622. The Kier molecular flexibility index (Phi) is 4.89. The first-order valence-electron chi connectivity index (χ1n) is 5.06. The highest BCUT2D eigenvalue weighted by Gasteiger charge is 2.00. The monoisotopic (exact) mass is 234 g/mol. The maximum atomic E-state index is 13.2. The molecule has 0 saturated heterocycles. The van der Waals surface area contributed by atoms with Crippen LogP contribution in [0.5, 0.6) is 0 Å². The third-order valence-electron chi connectivity index (χ3n) is 1.90. The van der Waals surface area contributed by atoms with E-state index in [1.165, 1.54) is 12.1 Å². The topological polar surface area (TPSA) is 43.4 Å². The molecular formula is C13H11FO3. The summed E-state index contributed by atoms with van der Waals surface area (Å²) in [6.45, 7) is 2.02. The van der Waals surface area contributed by atoms with Gasteiger partial charge >= 0.3 is 5.97 Å². The number of aldehydes is 1. The number of rotatable bonds is 3. The molecule has 0 aliphatic rings. The fraction of sp³-hybridized carbons (Fsp3) is 0.231. The van der Waals surface area contributed by atoms with Gasteiger partial charge in [-0.25, -0.2) is 4.39 Å². The van der Waals surface area contributed by atoms with Crippen LogP contribution in [0.4, 0.5) is 4.39 Å². The van der Waals surface area contributed by atoms with Crippen molar-refractivity contribution in [2.45, 2.75) is 13.3 Å². The van der Waals surface area contributed by atoms with Crippen LogP contribution in [0.15, 0.2) is 18.2 Å². The normalized spacial score (nSPS) is 9.06. The Morgan fingerprint density at radius 3 is 2.88 bits per heavy atom. The average Bonchev–Trinajstić information content (AvgIpc) is 2.29. The van der Waals surface area contributed by atoms with Gasteiger partial charge in [0, 0.05) is 5.56 Å². The van der Waals surface area contributed by atoms with Crippen molar-refractivity contribution in [1.82, 2.24) is 0 Å². The van der Waals surface area contributed by atoms with Gasteiger partial charge in [-0.1, -0.05) is 11.8 Å². The first kappa shape index (κ1) is 12.9. The molecule has 4 heteroatoms. The smallest absolute Gasteiger partial charge is 0.317 e. The number of halogens is 1. The molecule has 0 radical (unpaired) electrons. The second kappa shape index (κ2) is 6.44. The van der Waals surface area contributed by atoms with E-state index in [2.05, 4.69) is 16.6 Å². The van der Waals surface area contributed by atoms with Crippen LogP contribution in [0.1, 0.15) is 29.3 Å². The first-order chi connectivity index (χ1) is 8.17. The predicted molar refractivity (Wildman–Crippen MR) is 59.9 cm³/mol. The minimum absolute atomic E-state index is 0.0130. The van der Waals surface area contributed by atoms with E-state index in [0.29, 0.717) is 18.5 Å². The highest BCUT2D eigenvalue weighted by Crippen LogP contribution is 2.07. The molecule has 0 atom stereocenters. The maximum absolute atomic E-state index is 13.2. The number of ether oxygens (including phenoxy) is 1. The van der Waals surface area contributed by atoms with E-state index in [1.807, 2.05) is 0 Å². The number of carbonyl (C=O) groups is 2. The van der Waals surface area contributed by atoms with Gasteiger partial charge in [0.2, 0.25) is 0 Å². The van der Waals surface area contributed by atoms with E-state index in [9.17, 15) is 14.0 Å². The zero-order valence-electron chi connectivity index (χ0n) is 9.33. The van der Waals surface area contributed by atoms with Gasteiger partial charge in [0.05, 0.1) is 12.2 Å². The van der Waals surface area contributed by atoms with E-state index < -0.39 is 11.8 Å². The van der Waals surface area contributed by atoms with Gasteiger partial charge in [-0.05, 0) is 25.1 Å². The van der Waals surface area contributed by atoms with Gasteiger partial charge in [0.25, 0.3) is 0 Å². The summed E-state index contributed by atoms with van der Waals surface area (Å²) in [6.07, 6.45) is 0.399. The molecule has 0 N–H and O–H groups in total. The molecule has 0 fully saturated rings. The van der Waals surface area contributed by atoms with E-state index in [4.69, 9.17) is 0 Å². The lowest BCUT2D eigenvalue weighted by molar-refractivity contribution is -0.141. The lowest BCUT2D eigenvalue weighted by Crippen LogP contribution is -2.01. The van der Waals surface area contributed by atoms with E-state index in [1.54, 1.807) is 6.92 Å². The van der Waals surface area contributed by atoms with Crippen molar-refractivity contribution in [1.29, 1.82) is 0 Å². The summed E-state index contributed by atoms with van der Waals surface area (Å²) >= 11 is 0. The number of benzene rings is 1. The van der Waals surface area contributed by atoms with Crippen LogP contribution in [-0.4, -0.2) is 18.9 Å². The Morgan fingerprint density at radius 1 is 1.53 bits per heavy atom. The van der Waals surface area contributed by atoms with Crippen molar-refractivity contribution in [3.05, 3.63) is 35.1 Å². The summed E-state index contributed by atoms with van der Waals surface area (Å²) in [6, 6.07) is 4.02. The molecule has 1 aromatic rings. The third kappa shape index (κ3) is 4.07. The van der Waals surface area contributed by atoms with E-state index >= 15 is 0 Å². The molecule has 3 nitrogen and oxygen atoms in total.